The zero-order valence-corrected chi connectivity index (χ0v) is 15.2. The number of benzene rings is 2. The van der Waals surface area contributed by atoms with Crippen LogP contribution in [0.1, 0.15) is 11.1 Å². The summed E-state index contributed by atoms with van der Waals surface area (Å²) in [4.78, 5) is 25.8. The molecule has 0 saturated carbocycles. The number of carbonyl (C=O) groups is 2. The quantitative estimate of drug-likeness (QED) is 0.552. The van der Waals surface area contributed by atoms with Gasteiger partial charge in [-0.2, -0.15) is 0 Å². The number of phenolic OH excluding ortho intramolecular Hbond substituents is 1. The number of carbonyl (C=O) groups excluding carboxylic acids is 2. The van der Waals surface area contributed by atoms with Crippen molar-refractivity contribution >= 4 is 51.6 Å². The van der Waals surface area contributed by atoms with E-state index in [4.69, 9.17) is 0 Å². The van der Waals surface area contributed by atoms with Gasteiger partial charge < -0.3 is 5.11 Å². The molecule has 1 aliphatic heterocycles. The predicted octanol–water partition coefficient (Wildman–Crippen LogP) is 4.37. The van der Waals surface area contributed by atoms with Crippen molar-refractivity contribution in [2.24, 2.45) is 0 Å². The molecule has 3 rings (SSSR count). The second-order valence-electron chi connectivity index (χ2n) is 5.07. The van der Waals surface area contributed by atoms with Gasteiger partial charge in [0, 0.05) is 5.56 Å². The van der Waals surface area contributed by atoms with Crippen LogP contribution in [0.25, 0.3) is 6.08 Å². The number of halogens is 2. The molecule has 0 aromatic heterocycles. The van der Waals surface area contributed by atoms with Crippen LogP contribution in [0.2, 0.25) is 0 Å². The Kier molecular flexibility index (Phi) is 4.91. The van der Waals surface area contributed by atoms with E-state index in [0.29, 0.717) is 14.7 Å². The van der Waals surface area contributed by atoms with Crippen molar-refractivity contribution in [1.82, 2.24) is 4.90 Å². The lowest BCUT2D eigenvalue weighted by Crippen LogP contribution is -2.27. The molecule has 1 N–H and O–H groups in total. The number of hydrogen-bond acceptors (Lipinski definition) is 4. The van der Waals surface area contributed by atoms with Crippen molar-refractivity contribution in [1.29, 1.82) is 0 Å². The highest BCUT2D eigenvalue weighted by atomic mass is 127. The Bertz CT molecular complexity index is 869. The van der Waals surface area contributed by atoms with Crippen LogP contribution in [0.3, 0.4) is 0 Å². The van der Waals surface area contributed by atoms with Crippen LogP contribution in [-0.4, -0.2) is 21.2 Å². The molecular weight excluding hydrogens is 444 g/mol. The third-order valence-electron chi connectivity index (χ3n) is 3.43. The van der Waals surface area contributed by atoms with E-state index in [9.17, 15) is 19.1 Å². The van der Waals surface area contributed by atoms with Gasteiger partial charge in [0.05, 0.1) is 15.0 Å². The molecule has 7 heteroatoms. The van der Waals surface area contributed by atoms with E-state index in [0.717, 1.165) is 16.7 Å². The number of thioether (sulfide) groups is 1. The molecule has 122 valence electrons. The standard InChI is InChI=1S/C17H11FINO3S/c18-12-4-2-1-3-11(12)9-20-16(22)15(24-17(20)23)8-10-5-6-14(21)13(19)7-10/h1-8,21H,9H2. The molecule has 2 aromatic carbocycles. The summed E-state index contributed by atoms with van der Waals surface area (Å²) < 4.78 is 14.4. The Morgan fingerprint density at radius 3 is 2.67 bits per heavy atom. The van der Waals surface area contributed by atoms with Gasteiger partial charge in [0.15, 0.2) is 0 Å². The summed E-state index contributed by atoms with van der Waals surface area (Å²) >= 11 is 2.80. The molecule has 1 aliphatic rings. The van der Waals surface area contributed by atoms with E-state index in [1.807, 2.05) is 22.6 Å². The highest BCUT2D eigenvalue weighted by Crippen LogP contribution is 2.34. The average molecular weight is 455 g/mol. The molecular formula is C17H11FINO3S. The lowest BCUT2D eigenvalue weighted by atomic mass is 10.2. The van der Waals surface area contributed by atoms with Crippen molar-refractivity contribution < 1.29 is 19.1 Å². The second kappa shape index (κ2) is 6.94. The minimum absolute atomic E-state index is 0.0954. The monoisotopic (exact) mass is 455 g/mol. The first-order valence-corrected chi connectivity index (χ1v) is 8.82. The highest BCUT2D eigenvalue weighted by molar-refractivity contribution is 14.1. The molecule has 0 atom stereocenters. The van der Waals surface area contributed by atoms with Crippen LogP contribution in [0, 0.1) is 9.39 Å². The molecule has 1 saturated heterocycles. The third-order valence-corrected chi connectivity index (χ3v) is 5.20. The van der Waals surface area contributed by atoms with Crippen LogP contribution in [0.15, 0.2) is 47.4 Å². The Morgan fingerprint density at radius 1 is 1.21 bits per heavy atom. The topological polar surface area (TPSA) is 57.6 Å². The van der Waals surface area contributed by atoms with Crippen LogP contribution >= 0.6 is 34.4 Å². The maximum atomic E-state index is 13.7. The molecule has 0 radical (unpaired) electrons. The molecule has 0 aliphatic carbocycles. The van der Waals surface area contributed by atoms with Crippen molar-refractivity contribution in [2.45, 2.75) is 6.54 Å². The van der Waals surface area contributed by atoms with E-state index in [-0.39, 0.29) is 17.2 Å². The molecule has 1 fully saturated rings. The molecule has 0 spiro atoms. The SMILES string of the molecule is O=C1SC(=Cc2ccc(O)c(I)c2)C(=O)N1Cc1ccccc1F. The summed E-state index contributed by atoms with van der Waals surface area (Å²) in [5, 5.41) is 9.10. The normalized spacial score (nSPS) is 16.2. The lowest BCUT2D eigenvalue weighted by Gasteiger charge is -2.12. The highest BCUT2D eigenvalue weighted by Gasteiger charge is 2.35. The minimum atomic E-state index is -0.450. The minimum Gasteiger partial charge on any atom is -0.507 e. The van der Waals surface area contributed by atoms with E-state index < -0.39 is 17.0 Å². The zero-order valence-electron chi connectivity index (χ0n) is 12.2. The summed E-state index contributed by atoms with van der Waals surface area (Å²) in [5.41, 5.74) is 0.994. The summed E-state index contributed by atoms with van der Waals surface area (Å²) in [6, 6.07) is 10.9. The summed E-state index contributed by atoms with van der Waals surface area (Å²) in [7, 11) is 0. The van der Waals surface area contributed by atoms with Gasteiger partial charge >= 0.3 is 0 Å². The molecule has 2 amide bonds. The fraction of sp³-hybridized carbons (Fsp3) is 0.0588. The molecule has 1 heterocycles. The lowest BCUT2D eigenvalue weighted by molar-refractivity contribution is -0.123. The van der Waals surface area contributed by atoms with Gasteiger partial charge in [0.25, 0.3) is 11.1 Å². The number of amides is 2. The number of nitrogens with zero attached hydrogens (tertiary/aromatic N) is 1. The van der Waals surface area contributed by atoms with E-state index >= 15 is 0 Å². The van der Waals surface area contributed by atoms with Crippen molar-refractivity contribution in [3.8, 4) is 5.75 Å². The fourth-order valence-corrected chi connectivity index (χ4v) is 3.58. The van der Waals surface area contributed by atoms with E-state index in [1.54, 1.807) is 36.4 Å². The van der Waals surface area contributed by atoms with Crippen LogP contribution < -0.4 is 0 Å². The van der Waals surface area contributed by atoms with Gasteiger partial charge in [-0.3, -0.25) is 14.5 Å². The van der Waals surface area contributed by atoms with Gasteiger partial charge in [-0.25, -0.2) is 4.39 Å². The van der Waals surface area contributed by atoms with Gasteiger partial charge in [-0.15, -0.1) is 0 Å². The first-order valence-electron chi connectivity index (χ1n) is 6.93. The van der Waals surface area contributed by atoms with Gasteiger partial charge in [-0.05, 0) is 64.2 Å². The largest absolute Gasteiger partial charge is 0.507 e. The van der Waals surface area contributed by atoms with Gasteiger partial charge in [-0.1, -0.05) is 24.3 Å². The van der Waals surface area contributed by atoms with Crippen LogP contribution in [-0.2, 0) is 11.3 Å². The van der Waals surface area contributed by atoms with Crippen molar-refractivity contribution in [3.05, 3.63) is 67.9 Å². The maximum Gasteiger partial charge on any atom is 0.293 e. The smallest absolute Gasteiger partial charge is 0.293 e. The number of phenols is 1. The van der Waals surface area contributed by atoms with E-state index in [1.165, 1.54) is 12.1 Å². The Hall–Kier alpha value is -1.87. The fourth-order valence-electron chi connectivity index (χ4n) is 2.20. The van der Waals surface area contributed by atoms with Crippen LogP contribution in [0.5, 0.6) is 5.75 Å². The van der Waals surface area contributed by atoms with Crippen molar-refractivity contribution in [2.75, 3.05) is 0 Å². The first-order chi connectivity index (χ1) is 11.5. The van der Waals surface area contributed by atoms with Gasteiger partial charge in [0.1, 0.15) is 11.6 Å². The number of rotatable bonds is 3. The molecule has 2 aromatic rings. The summed E-state index contributed by atoms with van der Waals surface area (Å²) in [6.07, 6.45) is 1.59. The number of hydrogen-bond donors (Lipinski definition) is 1. The second-order valence-corrected chi connectivity index (χ2v) is 7.23. The number of aromatic hydroxyl groups is 1. The average Bonchev–Trinajstić information content (AvgIpc) is 2.80. The Morgan fingerprint density at radius 2 is 1.96 bits per heavy atom. The number of imide groups is 1. The molecule has 4 nitrogen and oxygen atoms in total. The maximum absolute atomic E-state index is 13.7. The summed E-state index contributed by atoms with van der Waals surface area (Å²) in [6.45, 7) is -0.0954. The first kappa shape index (κ1) is 17.0. The van der Waals surface area contributed by atoms with Crippen molar-refractivity contribution in [3.63, 3.8) is 0 Å². The molecule has 24 heavy (non-hydrogen) atoms. The molecule has 0 unspecified atom stereocenters. The predicted molar refractivity (Wildman–Crippen MR) is 98.7 cm³/mol. The Balaban J connectivity index is 1.84. The zero-order chi connectivity index (χ0) is 17.3. The van der Waals surface area contributed by atoms with Crippen LogP contribution in [0.4, 0.5) is 9.18 Å². The Labute approximate surface area is 155 Å². The molecule has 0 bridgehead atoms. The third kappa shape index (κ3) is 3.46. The summed E-state index contributed by atoms with van der Waals surface area (Å²) in [5.74, 6) is -0.745. The van der Waals surface area contributed by atoms with E-state index in [2.05, 4.69) is 0 Å². The van der Waals surface area contributed by atoms with Gasteiger partial charge in [0.2, 0.25) is 0 Å².